The first kappa shape index (κ1) is 9.75. The van der Waals surface area contributed by atoms with Gasteiger partial charge in [0, 0.05) is 24.2 Å². The van der Waals surface area contributed by atoms with Gasteiger partial charge in [0.1, 0.15) is 0 Å². The van der Waals surface area contributed by atoms with Crippen LogP contribution in [0.4, 0.5) is 0 Å². The van der Waals surface area contributed by atoms with Gasteiger partial charge in [-0.25, -0.2) is 0 Å². The molecular formula is C13H14N2O. The molecule has 1 saturated heterocycles. The van der Waals surface area contributed by atoms with Crippen molar-refractivity contribution >= 4 is 10.9 Å². The van der Waals surface area contributed by atoms with Gasteiger partial charge in [-0.2, -0.15) is 0 Å². The Balaban J connectivity index is 1.99. The fourth-order valence-corrected chi connectivity index (χ4v) is 2.28. The predicted molar refractivity (Wildman–Crippen MR) is 63.1 cm³/mol. The van der Waals surface area contributed by atoms with Crippen LogP contribution in [-0.2, 0) is 0 Å². The Labute approximate surface area is 94.1 Å². The minimum atomic E-state index is -0.213. The molecule has 1 aliphatic rings. The third kappa shape index (κ3) is 1.68. The van der Waals surface area contributed by atoms with E-state index >= 15 is 0 Å². The maximum Gasteiger partial charge on any atom is 0.0702 e. The van der Waals surface area contributed by atoms with Crippen molar-refractivity contribution in [3.05, 3.63) is 42.1 Å². The molecule has 0 aliphatic carbocycles. The van der Waals surface area contributed by atoms with E-state index in [0.717, 1.165) is 17.3 Å². The first-order chi connectivity index (χ1) is 7.83. The highest BCUT2D eigenvalue weighted by Crippen LogP contribution is 2.25. The lowest BCUT2D eigenvalue weighted by Crippen LogP contribution is -2.14. The van der Waals surface area contributed by atoms with Gasteiger partial charge < -0.3 is 10.4 Å². The number of β-amino-alcohol motifs (C(OH)–C–C–N with tert-alkyl or cyclic N) is 1. The van der Waals surface area contributed by atoms with Crippen molar-refractivity contribution in [3.8, 4) is 0 Å². The van der Waals surface area contributed by atoms with E-state index in [0.29, 0.717) is 6.54 Å². The number of aliphatic hydroxyl groups excluding tert-OH is 1. The van der Waals surface area contributed by atoms with Gasteiger partial charge in [0.2, 0.25) is 0 Å². The van der Waals surface area contributed by atoms with Crippen molar-refractivity contribution in [3.63, 3.8) is 0 Å². The molecule has 1 aromatic heterocycles. The van der Waals surface area contributed by atoms with E-state index in [1.165, 1.54) is 5.56 Å². The number of hydrogen-bond acceptors (Lipinski definition) is 3. The molecule has 82 valence electrons. The van der Waals surface area contributed by atoms with Crippen molar-refractivity contribution in [2.24, 2.45) is 0 Å². The van der Waals surface area contributed by atoms with Crippen LogP contribution in [0.3, 0.4) is 0 Å². The standard InChI is InChI=1S/C13H14N2O/c16-11-7-13(15-8-11)10-3-4-12-9(6-10)2-1-5-14-12/h1-6,11,13,15-16H,7-8H2. The van der Waals surface area contributed by atoms with Crippen LogP contribution in [0, 0.1) is 0 Å². The summed E-state index contributed by atoms with van der Waals surface area (Å²) in [4.78, 5) is 4.29. The lowest BCUT2D eigenvalue weighted by Gasteiger charge is -2.10. The second kappa shape index (κ2) is 3.85. The Kier molecular flexibility index (Phi) is 2.35. The summed E-state index contributed by atoms with van der Waals surface area (Å²) in [5.74, 6) is 0. The molecule has 2 unspecified atom stereocenters. The van der Waals surface area contributed by atoms with Gasteiger partial charge in [0.25, 0.3) is 0 Å². The molecule has 0 saturated carbocycles. The van der Waals surface area contributed by atoms with Crippen LogP contribution in [0.5, 0.6) is 0 Å². The fraction of sp³-hybridized carbons (Fsp3) is 0.308. The minimum absolute atomic E-state index is 0.213. The molecule has 3 rings (SSSR count). The Hall–Kier alpha value is -1.45. The number of nitrogens with one attached hydrogen (secondary N) is 1. The number of aliphatic hydroxyl groups is 1. The molecule has 0 bridgehead atoms. The highest BCUT2D eigenvalue weighted by atomic mass is 16.3. The van der Waals surface area contributed by atoms with Crippen molar-refractivity contribution in [2.45, 2.75) is 18.6 Å². The zero-order chi connectivity index (χ0) is 11.0. The Morgan fingerprint density at radius 2 is 2.25 bits per heavy atom. The van der Waals surface area contributed by atoms with Gasteiger partial charge in [-0.1, -0.05) is 12.1 Å². The number of pyridine rings is 1. The second-order valence-electron chi connectivity index (χ2n) is 4.31. The number of benzene rings is 1. The van der Waals surface area contributed by atoms with Crippen LogP contribution in [0.25, 0.3) is 10.9 Å². The van der Waals surface area contributed by atoms with Crippen LogP contribution < -0.4 is 5.32 Å². The number of aromatic nitrogens is 1. The van der Waals surface area contributed by atoms with Gasteiger partial charge in [-0.15, -0.1) is 0 Å². The molecule has 2 heterocycles. The van der Waals surface area contributed by atoms with E-state index < -0.39 is 0 Å². The Morgan fingerprint density at radius 3 is 3.06 bits per heavy atom. The first-order valence-electron chi connectivity index (χ1n) is 5.59. The van der Waals surface area contributed by atoms with Crippen molar-refractivity contribution in [1.29, 1.82) is 0 Å². The molecule has 2 atom stereocenters. The number of hydrogen-bond donors (Lipinski definition) is 2. The van der Waals surface area contributed by atoms with Gasteiger partial charge in [-0.3, -0.25) is 4.98 Å². The Bertz CT molecular complexity index is 512. The summed E-state index contributed by atoms with van der Waals surface area (Å²) in [6.07, 6.45) is 2.39. The molecule has 1 aromatic carbocycles. The summed E-state index contributed by atoms with van der Waals surface area (Å²) < 4.78 is 0. The first-order valence-corrected chi connectivity index (χ1v) is 5.59. The lowest BCUT2D eigenvalue weighted by molar-refractivity contribution is 0.193. The summed E-state index contributed by atoms with van der Waals surface area (Å²) in [5, 5.41) is 14.0. The highest BCUT2D eigenvalue weighted by Gasteiger charge is 2.23. The molecule has 0 radical (unpaired) electrons. The van der Waals surface area contributed by atoms with Crippen molar-refractivity contribution in [2.75, 3.05) is 6.54 Å². The van der Waals surface area contributed by atoms with Gasteiger partial charge in [-0.05, 0) is 30.2 Å². The molecule has 3 heteroatoms. The topological polar surface area (TPSA) is 45.1 Å². The highest BCUT2D eigenvalue weighted by molar-refractivity contribution is 5.79. The molecule has 3 nitrogen and oxygen atoms in total. The molecule has 16 heavy (non-hydrogen) atoms. The monoisotopic (exact) mass is 214 g/mol. The van der Waals surface area contributed by atoms with Crippen LogP contribution in [0.1, 0.15) is 18.0 Å². The van der Waals surface area contributed by atoms with E-state index in [2.05, 4.69) is 28.5 Å². The third-order valence-corrected chi connectivity index (χ3v) is 3.14. The predicted octanol–water partition coefficient (Wildman–Crippen LogP) is 1.63. The average Bonchev–Trinajstić information content (AvgIpc) is 2.75. The molecule has 2 aromatic rings. The molecule has 2 N–H and O–H groups in total. The molecule has 0 spiro atoms. The van der Waals surface area contributed by atoms with Gasteiger partial charge >= 0.3 is 0 Å². The summed E-state index contributed by atoms with van der Waals surface area (Å²) in [7, 11) is 0. The van der Waals surface area contributed by atoms with E-state index in [9.17, 15) is 5.11 Å². The average molecular weight is 214 g/mol. The van der Waals surface area contributed by atoms with Crippen LogP contribution in [0.2, 0.25) is 0 Å². The molecular weight excluding hydrogens is 200 g/mol. The summed E-state index contributed by atoms with van der Waals surface area (Å²) in [5.41, 5.74) is 2.25. The number of nitrogens with zero attached hydrogens (tertiary/aromatic N) is 1. The largest absolute Gasteiger partial charge is 0.392 e. The van der Waals surface area contributed by atoms with Gasteiger partial charge in [0.05, 0.1) is 11.6 Å². The van der Waals surface area contributed by atoms with E-state index in [-0.39, 0.29) is 12.1 Å². The normalized spacial score (nSPS) is 25.1. The second-order valence-corrected chi connectivity index (χ2v) is 4.31. The summed E-state index contributed by atoms with van der Waals surface area (Å²) in [6, 6.07) is 10.6. The maximum absolute atomic E-state index is 9.50. The van der Waals surface area contributed by atoms with Crippen molar-refractivity contribution < 1.29 is 5.11 Å². The smallest absolute Gasteiger partial charge is 0.0702 e. The van der Waals surface area contributed by atoms with E-state index in [1.54, 1.807) is 6.20 Å². The van der Waals surface area contributed by atoms with Crippen molar-refractivity contribution in [1.82, 2.24) is 10.3 Å². The van der Waals surface area contributed by atoms with Crippen LogP contribution in [-0.4, -0.2) is 22.7 Å². The zero-order valence-corrected chi connectivity index (χ0v) is 8.93. The quantitative estimate of drug-likeness (QED) is 0.758. The zero-order valence-electron chi connectivity index (χ0n) is 8.93. The van der Waals surface area contributed by atoms with E-state index in [1.807, 2.05) is 12.1 Å². The molecule has 1 fully saturated rings. The Morgan fingerprint density at radius 1 is 1.31 bits per heavy atom. The fourth-order valence-electron chi connectivity index (χ4n) is 2.28. The minimum Gasteiger partial charge on any atom is -0.392 e. The summed E-state index contributed by atoms with van der Waals surface area (Å²) in [6.45, 7) is 0.690. The van der Waals surface area contributed by atoms with E-state index in [4.69, 9.17) is 0 Å². The maximum atomic E-state index is 9.50. The SMILES string of the molecule is OC1CNC(c2ccc3ncccc3c2)C1. The van der Waals surface area contributed by atoms with Crippen LogP contribution in [0.15, 0.2) is 36.5 Å². The number of fused-ring (bicyclic) bond motifs is 1. The third-order valence-electron chi connectivity index (χ3n) is 3.14. The van der Waals surface area contributed by atoms with Crippen LogP contribution >= 0.6 is 0 Å². The molecule has 1 aliphatic heterocycles. The van der Waals surface area contributed by atoms with Gasteiger partial charge in [0.15, 0.2) is 0 Å². The number of rotatable bonds is 1. The lowest BCUT2D eigenvalue weighted by atomic mass is 10.0. The summed E-state index contributed by atoms with van der Waals surface area (Å²) >= 11 is 0. The molecule has 0 amide bonds.